The maximum absolute atomic E-state index is 13.0. The Bertz CT molecular complexity index is 1230. The first kappa shape index (κ1) is 25.1. The molecule has 1 unspecified atom stereocenters. The maximum Gasteiger partial charge on any atom is 0.433 e. The number of nitrogens with zero attached hydrogens (tertiary/aromatic N) is 6. The maximum atomic E-state index is 13.0. The Labute approximate surface area is 199 Å². The van der Waals surface area contributed by atoms with Crippen LogP contribution < -0.4 is 15.4 Å². The van der Waals surface area contributed by atoms with Gasteiger partial charge in [0.25, 0.3) is 5.95 Å². The number of nitrogens with one attached hydrogen (secondary N) is 2. The third-order valence-corrected chi connectivity index (χ3v) is 4.86. The molecule has 2 amide bonds. The van der Waals surface area contributed by atoms with Gasteiger partial charge in [0, 0.05) is 24.4 Å². The van der Waals surface area contributed by atoms with E-state index in [1.807, 2.05) is 0 Å². The van der Waals surface area contributed by atoms with E-state index in [-0.39, 0.29) is 23.8 Å². The van der Waals surface area contributed by atoms with Crippen molar-refractivity contribution in [2.75, 3.05) is 11.9 Å². The van der Waals surface area contributed by atoms with E-state index < -0.39 is 48.2 Å². The molecule has 1 aliphatic carbocycles. The molecule has 1 saturated carbocycles. The van der Waals surface area contributed by atoms with Crippen LogP contribution in [0.5, 0.6) is 5.75 Å². The summed E-state index contributed by atoms with van der Waals surface area (Å²) in [6, 6.07) is 0.108. The van der Waals surface area contributed by atoms with Crippen LogP contribution in [-0.2, 0) is 6.18 Å². The monoisotopic (exact) mass is 516 g/mol. The lowest BCUT2D eigenvalue weighted by atomic mass is 10.3. The fraction of sp³-hybridized carbons (Fsp3) is 0.400. The Balaban J connectivity index is 1.53. The number of anilines is 1. The molecule has 10 nitrogen and oxygen atoms in total. The second kappa shape index (κ2) is 9.58. The molecular weight excluding hydrogens is 498 g/mol. The van der Waals surface area contributed by atoms with Gasteiger partial charge in [0.05, 0.1) is 12.2 Å². The Morgan fingerprint density at radius 1 is 1.17 bits per heavy atom. The van der Waals surface area contributed by atoms with Crippen molar-refractivity contribution in [3.05, 3.63) is 48.1 Å². The lowest BCUT2D eigenvalue weighted by Gasteiger charge is -2.17. The molecule has 1 aliphatic rings. The molecule has 0 aliphatic heterocycles. The zero-order chi connectivity index (χ0) is 26.1. The fourth-order valence-electron chi connectivity index (χ4n) is 3.07. The first-order chi connectivity index (χ1) is 16.9. The summed E-state index contributed by atoms with van der Waals surface area (Å²) in [5.74, 6) is 0.338. The number of alkyl halides is 6. The van der Waals surface area contributed by atoms with Gasteiger partial charge in [-0.15, -0.1) is 5.10 Å². The molecule has 192 valence electrons. The van der Waals surface area contributed by atoms with Crippen LogP contribution >= 0.6 is 0 Å². The lowest BCUT2D eigenvalue weighted by Crippen LogP contribution is -2.33. The smallest absolute Gasteiger partial charge is 0.433 e. The molecule has 0 saturated heterocycles. The third-order valence-electron chi connectivity index (χ3n) is 4.86. The molecule has 3 heterocycles. The minimum atomic E-state index is -4.94. The number of hydrogen-bond acceptors (Lipinski definition) is 7. The molecule has 16 heteroatoms. The summed E-state index contributed by atoms with van der Waals surface area (Å²) in [5, 5.41) is 9.10. The minimum absolute atomic E-state index is 0.168. The van der Waals surface area contributed by atoms with E-state index in [1.165, 1.54) is 17.1 Å². The quantitative estimate of drug-likeness (QED) is 0.453. The van der Waals surface area contributed by atoms with Crippen molar-refractivity contribution in [1.29, 1.82) is 0 Å². The Morgan fingerprint density at radius 3 is 2.47 bits per heavy atom. The highest BCUT2D eigenvalue weighted by Gasteiger charge is 2.35. The summed E-state index contributed by atoms with van der Waals surface area (Å²) in [6.45, 7) is -0.309. The van der Waals surface area contributed by atoms with Gasteiger partial charge in [-0.3, -0.25) is 0 Å². The third kappa shape index (κ3) is 6.17. The van der Waals surface area contributed by atoms with Gasteiger partial charge in [0.1, 0.15) is 17.1 Å². The predicted molar refractivity (Wildman–Crippen MR) is 110 cm³/mol. The van der Waals surface area contributed by atoms with E-state index in [9.17, 15) is 31.1 Å². The van der Waals surface area contributed by atoms with Crippen molar-refractivity contribution >= 4 is 11.7 Å². The van der Waals surface area contributed by atoms with Gasteiger partial charge in [-0.1, -0.05) is 0 Å². The van der Waals surface area contributed by atoms with E-state index in [2.05, 4.69) is 40.4 Å². The molecule has 3 aromatic heterocycles. The Hall–Kier alpha value is -3.98. The van der Waals surface area contributed by atoms with Crippen molar-refractivity contribution in [1.82, 2.24) is 35.0 Å². The highest BCUT2D eigenvalue weighted by atomic mass is 19.4. The number of urea groups is 1. The number of carbonyl (C=O) groups is 1. The number of ether oxygens (including phenoxy) is 1. The average molecular weight is 516 g/mol. The van der Waals surface area contributed by atoms with Crippen LogP contribution in [0.25, 0.3) is 5.95 Å². The summed E-state index contributed by atoms with van der Waals surface area (Å²) in [6.07, 6.45) is -4.39. The standard InChI is InChI=1S/C20H18F6N8O2/c1-10(16-32-15(11-3-4-11)33-34(16)17-27-5-2-6-28-17)30-18(35)31-12-8-29-14(20(24,25)26)7-13(12)36-9-19(21,22)23/h2,5-8,10-11H,3-4,9H2,1H3,(H2,30,31,35). The number of pyridine rings is 1. The molecule has 3 aromatic rings. The van der Waals surface area contributed by atoms with E-state index in [0.29, 0.717) is 12.0 Å². The SMILES string of the molecule is CC(NC(=O)Nc1cnc(C(F)(F)F)cc1OCC(F)(F)F)c1nc(C2CC2)nn1-c1ncccn1. The van der Waals surface area contributed by atoms with Gasteiger partial charge < -0.3 is 15.4 Å². The van der Waals surface area contributed by atoms with Crippen LogP contribution in [-0.4, -0.2) is 48.5 Å². The lowest BCUT2D eigenvalue weighted by molar-refractivity contribution is -0.153. The normalized spacial score (nSPS) is 14.9. The van der Waals surface area contributed by atoms with Gasteiger partial charge in [0.2, 0.25) is 0 Å². The van der Waals surface area contributed by atoms with E-state index in [1.54, 1.807) is 13.0 Å². The van der Waals surface area contributed by atoms with Gasteiger partial charge >= 0.3 is 18.4 Å². The summed E-state index contributed by atoms with van der Waals surface area (Å²) in [7, 11) is 0. The zero-order valence-corrected chi connectivity index (χ0v) is 18.4. The summed E-state index contributed by atoms with van der Waals surface area (Å²) >= 11 is 0. The van der Waals surface area contributed by atoms with Crippen LogP contribution in [0, 0.1) is 0 Å². The summed E-state index contributed by atoms with van der Waals surface area (Å²) < 4.78 is 82.5. The molecule has 1 fully saturated rings. The summed E-state index contributed by atoms with van der Waals surface area (Å²) in [4.78, 5) is 28.5. The molecule has 2 N–H and O–H groups in total. The van der Waals surface area contributed by atoms with Crippen LogP contribution in [0.15, 0.2) is 30.7 Å². The molecule has 4 rings (SSSR count). The van der Waals surface area contributed by atoms with Crippen molar-refractivity contribution in [3.8, 4) is 11.7 Å². The second-order valence-electron chi connectivity index (χ2n) is 7.85. The van der Waals surface area contributed by atoms with Crippen molar-refractivity contribution in [2.45, 2.75) is 44.1 Å². The molecular formula is C20H18F6N8O2. The number of halogens is 6. The van der Waals surface area contributed by atoms with Gasteiger partial charge in [-0.25, -0.2) is 24.7 Å². The van der Waals surface area contributed by atoms with Gasteiger partial charge in [-0.2, -0.15) is 31.0 Å². The van der Waals surface area contributed by atoms with E-state index in [4.69, 9.17) is 0 Å². The van der Waals surface area contributed by atoms with Crippen LogP contribution in [0.2, 0.25) is 0 Å². The zero-order valence-electron chi connectivity index (χ0n) is 18.4. The molecule has 0 bridgehead atoms. The Morgan fingerprint density at radius 2 is 1.86 bits per heavy atom. The highest BCUT2D eigenvalue weighted by molar-refractivity contribution is 5.91. The minimum Gasteiger partial charge on any atom is -0.482 e. The van der Waals surface area contributed by atoms with Crippen LogP contribution in [0.1, 0.15) is 49.1 Å². The predicted octanol–water partition coefficient (Wildman–Crippen LogP) is 4.17. The largest absolute Gasteiger partial charge is 0.482 e. The fourth-order valence-corrected chi connectivity index (χ4v) is 3.07. The van der Waals surface area contributed by atoms with Gasteiger partial charge in [-0.05, 0) is 25.8 Å². The second-order valence-corrected chi connectivity index (χ2v) is 7.85. The molecule has 0 aromatic carbocycles. The molecule has 36 heavy (non-hydrogen) atoms. The van der Waals surface area contributed by atoms with Crippen LogP contribution in [0.4, 0.5) is 36.8 Å². The van der Waals surface area contributed by atoms with Crippen molar-refractivity contribution in [2.24, 2.45) is 0 Å². The van der Waals surface area contributed by atoms with E-state index in [0.717, 1.165) is 12.8 Å². The first-order valence-electron chi connectivity index (χ1n) is 10.5. The summed E-state index contributed by atoms with van der Waals surface area (Å²) in [5.41, 5.74) is -1.98. The average Bonchev–Trinajstić information content (AvgIpc) is 3.55. The number of carbonyl (C=O) groups excluding carboxylic acids is 1. The molecule has 1 atom stereocenters. The van der Waals surface area contributed by atoms with E-state index >= 15 is 0 Å². The highest BCUT2D eigenvalue weighted by Crippen LogP contribution is 2.39. The number of rotatable bonds is 7. The number of aromatic nitrogens is 6. The first-order valence-corrected chi connectivity index (χ1v) is 10.5. The van der Waals surface area contributed by atoms with Gasteiger partial charge in [0.15, 0.2) is 18.3 Å². The Kier molecular flexibility index (Phi) is 6.69. The topological polar surface area (TPSA) is 120 Å². The molecule has 0 spiro atoms. The number of hydrogen-bond donors (Lipinski definition) is 2. The number of amides is 2. The van der Waals surface area contributed by atoms with Crippen molar-refractivity contribution in [3.63, 3.8) is 0 Å². The van der Waals surface area contributed by atoms with Crippen molar-refractivity contribution < 1.29 is 35.9 Å². The van der Waals surface area contributed by atoms with Crippen LogP contribution in [0.3, 0.4) is 0 Å². The molecule has 0 radical (unpaired) electrons.